The number of quaternary nitrogens is 1. The van der Waals surface area contributed by atoms with Gasteiger partial charge in [-0.2, -0.15) is 4.99 Å². The zero-order valence-electron chi connectivity index (χ0n) is 40.2. The molecule has 0 spiro atoms. The second-order valence-corrected chi connectivity index (χ2v) is 25.9. The Morgan fingerprint density at radius 2 is 1.79 bits per heavy atom. The molecule has 5 aromatic rings. The Morgan fingerprint density at radius 1 is 1.00 bits per heavy atom. The van der Waals surface area contributed by atoms with Crippen LogP contribution in [-0.4, -0.2) is 130 Å². The number of anilines is 2. The number of benzene rings is 2. The second kappa shape index (κ2) is 24.7. The topological polar surface area (TPSA) is 134 Å². The van der Waals surface area contributed by atoms with E-state index in [0.717, 1.165) is 52.4 Å². The van der Waals surface area contributed by atoms with Crippen LogP contribution in [0.25, 0.3) is 10.2 Å². The summed E-state index contributed by atoms with van der Waals surface area (Å²) in [6.45, 7) is 14.6. The molecular weight excluding hydrogens is 896 g/mol. The SMILES string of the molecule is CCOC(=O)C[N+](C)(C)CCCCCN(c1cc(C)c(N=c2sc3ccccc3n2COCC[Si](C)(C)C)nn1)c1nc(C(=O)OC)c(CCCOc2ccc(C#CCN(C)C)cc2F)s1. The van der Waals surface area contributed by atoms with Crippen LogP contribution in [0.2, 0.25) is 25.7 Å². The summed E-state index contributed by atoms with van der Waals surface area (Å²) in [4.78, 5) is 40.7. The molecule has 3 heterocycles. The fraction of sp³-hybridized carbons (Fsp3) is 0.500. The van der Waals surface area contributed by atoms with E-state index in [1.807, 2.05) is 70.0 Å². The van der Waals surface area contributed by atoms with Crippen molar-refractivity contribution in [1.29, 1.82) is 0 Å². The normalized spacial score (nSPS) is 12.1. The zero-order valence-corrected chi connectivity index (χ0v) is 42.9. The Labute approximate surface area is 398 Å². The smallest absolute Gasteiger partial charge is 0.361 e. The summed E-state index contributed by atoms with van der Waals surface area (Å²) in [6, 6.07) is 15.9. The number of carbonyl (C=O) groups is 2. The van der Waals surface area contributed by atoms with E-state index >= 15 is 0 Å². The summed E-state index contributed by atoms with van der Waals surface area (Å²) in [6.07, 6.45) is 3.45. The average Bonchev–Trinajstić information content (AvgIpc) is 3.83. The lowest BCUT2D eigenvalue weighted by molar-refractivity contribution is -0.883. The first kappa shape index (κ1) is 51.9. The average molecular weight is 962 g/mol. The monoisotopic (exact) mass is 961 g/mol. The second-order valence-electron chi connectivity index (χ2n) is 18.2. The Kier molecular flexibility index (Phi) is 19.4. The largest absolute Gasteiger partial charge is 0.491 e. The molecule has 0 aliphatic heterocycles. The van der Waals surface area contributed by atoms with Gasteiger partial charge < -0.3 is 28.3 Å². The third kappa shape index (κ3) is 15.8. The van der Waals surface area contributed by atoms with Gasteiger partial charge in [-0.15, -0.1) is 21.5 Å². The predicted molar refractivity (Wildman–Crippen MR) is 264 cm³/mol. The van der Waals surface area contributed by atoms with Gasteiger partial charge in [0.15, 0.2) is 45.4 Å². The molecule has 3 aromatic heterocycles. The maximum Gasteiger partial charge on any atom is 0.361 e. The maximum absolute atomic E-state index is 14.9. The summed E-state index contributed by atoms with van der Waals surface area (Å²) < 4.78 is 41.1. The molecule has 0 radical (unpaired) electrons. The van der Waals surface area contributed by atoms with Crippen molar-refractivity contribution in [2.24, 2.45) is 4.99 Å². The molecule has 14 nitrogen and oxygen atoms in total. The molecule has 2 aromatic carbocycles. The molecule has 0 saturated heterocycles. The van der Waals surface area contributed by atoms with Crippen LogP contribution in [0.15, 0.2) is 53.5 Å². The Balaban J connectivity index is 1.39. The molecule has 0 bridgehead atoms. The van der Waals surface area contributed by atoms with E-state index in [0.29, 0.717) is 84.1 Å². The zero-order chi connectivity index (χ0) is 47.9. The number of methoxy groups -OCH3 is 1. The molecule has 18 heteroatoms. The van der Waals surface area contributed by atoms with Crippen LogP contribution in [0, 0.1) is 24.6 Å². The summed E-state index contributed by atoms with van der Waals surface area (Å²) in [7, 11) is 7.98. The van der Waals surface area contributed by atoms with Crippen molar-refractivity contribution in [2.45, 2.75) is 78.4 Å². The highest BCUT2D eigenvalue weighted by Crippen LogP contribution is 2.34. The van der Waals surface area contributed by atoms with E-state index in [9.17, 15) is 14.0 Å². The number of para-hydroxylation sites is 1. The number of fused-ring (bicyclic) bond motifs is 1. The number of nitrogens with zero attached hydrogens (tertiary/aromatic N) is 8. The van der Waals surface area contributed by atoms with Gasteiger partial charge in [-0.3, -0.25) is 9.47 Å². The molecule has 356 valence electrons. The molecule has 0 atom stereocenters. The fourth-order valence-corrected chi connectivity index (χ4v) is 9.68. The van der Waals surface area contributed by atoms with Crippen molar-refractivity contribution in [3.05, 3.63) is 80.8 Å². The number of ether oxygens (including phenoxy) is 4. The molecule has 0 aliphatic rings. The lowest BCUT2D eigenvalue weighted by Gasteiger charge is -2.28. The van der Waals surface area contributed by atoms with Crippen molar-refractivity contribution in [3.63, 3.8) is 0 Å². The predicted octanol–water partition coefficient (Wildman–Crippen LogP) is 8.60. The molecule has 0 fully saturated rings. The first-order valence-corrected chi connectivity index (χ1v) is 27.7. The van der Waals surface area contributed by atoms with Crippen molar-refractivity contribution in [3.8, 4) is 17.6 Å². The van der Waals surface area contributed by atoms with Gasteiger partial charge in [0.05, 0.1) is 57.7 Å². The number of halogens is 1. The molecular formula is C48H66FN8O6S2Si+. The van der Waals surface area contributed by atoms with Crippen molar-refractivity contribution in [1.82, 2.24) is 24.6 Å². The highest BCUT2D eigenvalue weighted by atomic mass is 32.1. The van der Waals surface area contributed by atoms with Gasteiger partial charge in [-0.1, -0.05) is 55.0 Å². The van der Waals surface area contributed by atoms with Gasteiger partial charge in [-0.05, 0) is 108 Å². The summed E-state index contributed by atoms with van der Waals surface area (Å²) in [5.41, 5.74) is 2.64. The number of esters is 2. The minimum Gasteiger partial charge on any atom is -0.491 e. The summed E-state index contributed by atoms with van der Waals surface area (Å²) in [5, 5.41) is 9.95. The molecule has 0 saturated carbocycles. The van der Waals surface area contributed by atoms with Crippen LogP contribution < -0.4 is 14.4 Å². The molecule has 0 amide bonds. The van der Waals surface area contributed by atoms with Gasteiger partial charge in [0.2, 0.25) is 0 Å². The fourth-order valence-electron chi connectivity index (χ4n) is 6.78. The van der Waals surface area contributed by atoms with Gasteiger partial charge >= 0.3 is 11.9 Å². The minimum atomic E-state index is -1.26. The number of hydrogen-bond donors (Lipinski definition) is 0. The first-order chi connectivity index (χ1) is 31.5. The Bertz CT molecular complexity index is 2540. The van der Waals surface area contributed by atoms with E-state index in [2.05, 4.69) is 53.3 Å². The Morgan fingerprint density at radius 3 is 2.50 bits per heavy atom. The van der Waals surface area contributed by atoms with Crippen molar-refractivity contribution in [2.75, 3.05) is 86.2 Å². The molecule has 0 N–H and O–H groups in total. The third-order valence-corrected chi connectivity index (χ3v) is 14.3. The maximum atomic E-state index is 14.9. The van der Waals surface area contributed by atoms with Crippen LogP contribution in [0.5, 0.6) is 5.75 Å². The number of thiazole rings is 2. The minimum absolute atomic E-state index is 0.137. The van der Waals surface area contributed by atoms with E-state index < -0.39 is 19.9 Å². The lowest BCUT2D eigenvalue weighted by Crippen LogP contribution is -2.45. The van der Waals surface area contributed by atoms with E-state index in [1.54, 1.807) is 23.5 Å². The number of hydrogen-bond acceptors (Lipinski definition) is 14. The molecule has 5 rings (SSSR count). The van der Waals surface area contributed by atoms with E-state index in [1.165, 1.54) is 24.5 Å². The summed E-state index contributed by atoms with van der Waals surface area (Å²) in [5.74, 6) is 5.93. The van der Waals surface area contributed by atoms with Crippen LogP contribution in [0.3, 0.4) is 0 Å². The molecule has 0 aliphatic carbocycles. The number of unbranched alkanes of at least 4 members (excludes halogenated alkanes) is 2. The quantitative estimate of drug-likeness (QED) is 0.0194. The van der Waals surface area contributed by atoms with E-state index in [4.69, 9.17) is 34.0 Å². The van der Waals surface area contributed by atoms with Gasteiger partial charge in [-0.25, -0.2) is 19.0 Å². The van der Waals surface area contributed by atoms with Gasteiger partial charge in [0.1, 0.15) is 6.73 Å². The van der Waals surface area contributed by atoms with E-state index in [-0.39, 0.29) is 24.0 Å². The lowest BCUT2D eigenvalue weighted by atomic mass is 10.2. The number of likely N-dealkylation sites (N-methyl/N-ethyl adjacent to an activating group) is 1. The highest BCUT2D eigenvalue weighted by molar-refractivity contribution is 7.16. The van der Waals surface area contributed by atoms with Crippen molar-refractivity contribution < 1.29 is 37.4 Å². The summed E-state index contributed by atoms with van der Waals surface area (Å²) >= 11 is 2.96. The molecule has 0 unspecified atom stereocenters. The number of aromatic nitrogens is 4. The Hall–Kier alpha value is -5.03. The third-order valence-electron chi connectivity index (χ3n) is 10.4. The van der Waals surface area contributed by atoms with Crippen LogP contribution in [0.1, 0.15) is 59.1 Å². The van der Waals surface area contributed by atoms with Crippen molar-refractivity contribution >= 4 is 69.7 Å². The number of rotatable bonds is 24. The number of aryl methyl sites for hydroxylation is 2. The van der Waals surface area contributed by atoms with Crippen LogP contribution >= 0.6 is 22.7 Å². The van der Waals surface area contributed by atoms with Crippen LogP contribution in [-0.2, 0) is 32.2 Å². The standard InChI is InChI=1S/C48H66FN8O6S2Si/c1-11-62-43(58)33-57(5,6)27-16-12-15-26-55(42-31-35(2)45(53-52-42)51-48-56(34-61-29-30-66(8,9)10)38-20-13-14-21-40(38)64-48)47-50-44(46(59)60-7)41(65-47)22-18-28-63-39-24-23-36(32-37(39)49)19-17-25-54(3)4/h13-14,20-21,23-24,31-32H,11-12,15-16,18,22,25-30,33-34H2,1-10H3/q+1. The van der Waals surface area contributed by atoms with Gasteiger partial charge in [0, 0.05) is 31.7 Å². The van der Waals surface area contributed by atoms with Crippen LogP contribution in [0.4, 0.5) is 21.2 Å². The number of carbonyl (C=O) groups excluding carboxylic acids is 2. The first-order valence-electron chi connectivity index (χ1n) is 22.4. The molecule has 66 heavy (non-hydrogen) atoms. The van der Waals surface area contributed by atoms with Gasteiger partial charge in [0.25, 0.3) is 0 Å². The highest BCUT2D eigenvalue weighted by Gasteiger charge is 2.25.